The largest absolute Gasteiger partial charge is 0.351 e. The van der Waals surface area contributed by atoms with Gasteiger partial charge in [-0.15, -0.1) is 0 Å². The van der Waals surface area contributed by atoms with E-state index in [1.165, 1.54) is 0 Å². The number of nitrogens with zero attached hydrogens (tertiary/aromatic N) is 4. The maximum atomic E-state index is 12.0. The molecule has 3 aromatic rings. The van der Waals surface area contributed by atoms with Crippen molar-refractivity contribution in [2.24, 2.45) is 7.05 Å². The van der Waals surface area contributed by atoms with Crippen molar-refractivity contribution >= 4 is 9.84 Å². The van der Waals surface area contributed by atoms with Crippen LogP contribution in [0.3, 0.4) is 0 Å². The van der Waals surface area contributed by atoms with Crippen LogP contribution >= 0.6 is 0 Å². The van der Waals surface area contributed by atoms with E-state index in [1.807, 2.05) is 42.1 Å². The van der Waals surface area contributed by atoms with Crippen molar-refractivity contribution < 1.29 is 8.42 Å². The highest BCUT2D eigenvalue weighted by molar-refractivity contribution is 7.91. The molecule has 136 valence electrons. The minimum Gasteiger partial charge on any atom is -0.351 e. The summed E-state index contributed by atoms with van der Waals surface area (Å²) in [5.74, 6) is 1.71. The fourth-order valence-electron chi connectivity index (χ4n) is 3.52. The number of sulfone groups is 1. The van der Waals surface area contributed by atoms with Crippen molar-refractivity contribution in [3.8, 4) is 22.8 Å². The van der Waals surface area contributed by atoms with Crippen LogP contribution in [0.2, 0.25) is 0 Å². The summed E-state index contributed by atoms with van der Waals surface area (Å²) < 4.78 is 27.9. The van der Waals surface area contributed by atoms with Crippen LogP contribution in [0.1, 0.15) is 23.9 Å². The van der Waals surface area contributed by atoms with E-state index in [0.29, 0.717) is 12.2 Å². The highest BCUT2D eigenvalue weighted by Crippen LogP contribution is 2.32. The third kappa shape index (κ3) is 2.86. The Morgan fingerprint density at radius 2 is 1.88 bits per heavy atom. The van der Waals surface area contributed by atoms with Gasteiger partial charge in [-0.2, -0.15) is 5.10 Å². The van der Waals surface area contributed by atoms with Crippen LogP contribution in [-0.2, 0) is 16.9 Å². The molecule has 2 aromatic heterocycles. The van der Waals surface area contributed by atoms with Gasteiger partial charge in [0.05, 0.1) is 17.5 Å². The minimum atomic E-state index is -3.00. The molecule has 1 fully saturated rings. The van der Waals surface area contributed by atoms with E-state index in [0.717, 1.165) is 28.3 Å². The van der Waals surface area contributed by atoms with Crippen LogP contribution in [0.15, 0.2) is 36.4 Å². The number of aryl methyl sites for hydroxylation is 1. The predicted octanol–water partition coefficient (Wildman–Crippen LogP) is 2.93. The monoisotopic (exact) mass is 370 g/mol. The van der Waals surface area contributed by atoms with Gasteiger partial charge in [0, 0.05) is 29.6 Å². The molecule has 0 bridgehead atoms. The lowest BCUT2D eigenvalue weighted by Crippen LogP contribution is -2.14. The van der Waals surface area contributed by atoms with Crippen molar-refractivity contribution in [1.29, 1.82) is 0 Å². The second-order valence-electron chi connectivity index (χ2n) is 6.97. The second kappa shape index (κ2) is 6.09. The van der Waals surface area contributed by atoms with E-state index in [4.69, 9.17) is 10.1 Å². The maximum Gasteiger partial charge on any atom is 0.181 e. The molecule has 1 aliphatic heterocycles. The van der Waals surface area contributed by atoms with Crippen LogP contribution in [0, 0.1) is 13.8 Å². The first kappa shape index (κ1) is 17.0. The number of hydrogen-bond acceptors (Lipinski definition) is 4. The Labute approximate surface area is 153 Å². The van der Waals surface area contributed by atoms with Gasteiger partial charge in [0.1, 0.15) is 0 Å². The molecule has 0 saturated carbocycles. The van der Waals surface area contributed by atoms with E-state index in [2.05, 4.69) is 24.5 Å². The Morgan fingerprint density at radius 3 is 2.46 bits per heavy atom. The van der Waals surface area contributed by atoms with Crippen LogP contribution in [0.4, 0.5) is 0 Å². The molecular formula is C19H22N4O2S. The van der Waals surface area contributed by atoms with Gasteiger partial charge in [-0.05, 0) is 26.3 Å². The zero-order chi connectivity index (χ0) is 18.5. The van der Waals surface area contributed by atoms with E-state index in [1.54, 1.807) is 0 Å². The van der Waals surface area contributed by atoms with E-state index in [-0.39, 0.29) is 17.5 Å². The topological polar surface area (TPSA) is 69.8 Å². The van der Waals surface area contributed by atoms with Gasteiger partial charge in [0.15, 0.2) is 21.5 Å². The second-order valence-corrected chi connectivity index (χ2v) is 9.20. The van der Waals surface area contributed by atoms with Crippen molar-refractivity contribution in [1.82, 2.24) is 19.3 Å². The van der Waals surface area contributed by atoms with Crippen molar-refractivity contribution in [3.05, 3.63) is 47.8 Å². The molecule has 0 spiro atoms. The van der Waals surface area contributed by atoms with Crippen LogP contribution in [0.5, 0.6) is 0 Å². The zero-order valence-electron chi connectivity index (χ0n) is 15.2. The molecule has 6 nitrogen and oxygen atoms in total. The lowest BCUT2D eigenvalue weighted by molar-refractivity contribution is 0.505. The summed E-state index contributed by atoms with van der Waals surface area (Å²) in [5, 5.41) is 4.72. The molecule has 1 aromatic carbocycles. The zero-order valence-corrected chi connectivity index (χ0v) is 16.0. The molecule has 0 N–H and O–H groups in total. The molecule has 0 radical (unpaired) electrons. The van der Waals surface area contributed by atoms with E-state index in [9.17, 15) is 8.42 Å². The highest BCUT2D eigenvalue weighted by atomic mass is 32.2. The fraction of sp³-hybridized carbons (Fsp3) is 0.368. The van der Waals surface area contributed by atoms with Gasteiger partial charge in [-0.1, -0.05) is 30.3 Å². The number of rotatable bonds is 3. The van der Waals surface area contributed by atoms with E-state index >= 15 is 0 Å². The molecule has 4 rings (SSSR count). The third-order valence-corrected chi connectivity index (χ3v) is 6.98. The lowest BCUT2D eigenvalue weighted by Gasteiger charge is -2.11. The van der Waals surface area contributed by atoms with E-state index < -0.39 is 9.84 Å². The Kier molecular flexibility index (Phi) is 3.99. The fourth-order valence-corrected chi connectivity index (χ4v) is 5.21. The Hall–Kier alpha value is -2.41. The molecule has 1 aliphatic rings. The van der Waals surface area contributed by atoms with Crippen molar-refractivity contribution in [2.45, 2.75) is 26.3 Å². The Bertz CT molecular complexity index is 1060. The Balaban J connectivity index is 1.88. The molecule has 26 heavy (non-hydrogen) atoms. The lowest BCUT2D eigenvalue weighted by atomic mass is 10.2. The van der Waals surface area contributed by atoms with Crippen LogP contribution in [0.25, 0.3) is 22.8 Å². The summed E-state index contributed by atoms with van der Waals surface area (Å²) in [7, 11) is -0.984. The molecule has 0 aliphatic carbocycles. The number of hydrogen-bond donors (Lipinski definition) is 0. The summed E-state index contributed by atoms with van der Waals surface area (Å²) in [4.78, 5) is 4.80. The van der Waals surface area contributed by atoms with Gasteiger partial charge in [0.25, 0.3) is 0 Å². The molecule has 1 atom stereocenters. The highest BCUT2D eigenvalue weighted by Gasteiger charge is 2.32. The number of aromatic nitrogens is 4. The SMILES string of the molecule is Cc1cc(-c2nc(-c3ccccc3)nn2[C@@H]2CCS(=O)(=O)C2)c(C)n1C. The summed E-state index contributed by atoms with van der Waals surface area (Å²) in [5.41, 5.74) is 4.16. The van der Waals surface area contributed by atoms with Gasteiger partial charge in [-0.25, -0.2) is 18.1 Å². The average Bonchev–Trinajstić information content (AvgIpc) is 3.28. The van der Waals surface area contributed by atoms with Crippen molar-refractivity contribution in [3.63, 3.8) is 0 Å². The summed E-state index contributed by atoms with van der Waals surface area (Å²) in [6.45, 7) is 4.10. The predicted molar refractivity (Wildman–Crippen MR) is 102 cm³/mol. The van der Waals surface area contributed by atoms with Gasteiger partial charge in [0.2, 0.25) is 0 Å². The molecular weight excluding hydrogens is 348 g/mol. The maximum absolute atomic E-state index is 12.0. The minimum absolute atomic E-state index is 0.127. The Morgan fingerprint density at radius 1 is 1.15 bits per heavy atom. The first-order valence-electron chi connectivity index (χ1n) is 8.71. The standard InChI is InChI=1S/C19H22N4O2S/c1-13-11-17(14(2)22(13)3)19-20-18(15-7-5-4-6-8-15)21-23(19)16-9-10-26(24,25)12-16/h4-8,11,16H,9-10,12H2,1-3H3/t16-/m1/s1. The van der Waals surface area contributed by atoms with Crippen LogP contribution < -0.4 is 0 Å². The average molecular weight is 370 g/mol. The van der Waals surface area contributed by atoms with Crippen LogP contribution in [-0.4, -0.2) is 39.3 Å². The smallest absolute Gasteiger partial charge is 0.181 e. The quantitative estimate of drug-likeness (QED) is 0.711. The van der Waals surface area contributed by atoms with Crippen molar-refractivity contribution in [2.75, 3.05) is 11.5 Å². The number of benzene rings is 1. The third-order valence-electron chi connectivity index (χ3n) is 5.23. The summed E-state index contributed by atoms with van der Waals surface area (Å²) in [6.07, 6.45) is 0.581. The first-order valence-corrected chi connectivity index (χ1v) is 10.5. The molecule has 7 heteroatoms. The normalized spacial score (nSPS) is 19.1. The molecule has 3 heterocycles. The van der Waals surface area contributed by atoms with Gasteiger partial charge >= 0.3 is 0 Å². The molecule has 0 amide bonds. The molecule has 0 unspecified atom stereocenters. The van der Waals surface area contributed by atoms with Gasteiger partial charge < -0.3 is 4.57 Å². The first-order chi connectivity index (χ1) is 12.4. The summed E-state index contributed by atoms with van der Waals surface area (Å²) >= 11 is 0. The molecule has 1 saturated heterocycles. The van der Waals surface area contributed by atoms with Gasteiger partial charge in [-0.3, -0.25) is 0 Å². The summed E-state index contributed by atoms with van der Waals surface area (Å²) in [6, 6.07) is 11.7.